The van der Waals surface area contributed by atoms with E-state index in [2.05, 4.69) is 0 Å². The Morgan fingerprint density at radius 3 is 2.54 bits per heavy atom. The van der Waals surface area contributed by atoms with Crippen LogP contribution in [0.25, 0.3) is 0 Å². The second-order valence-electron chi connectivity index (χ2n) is 3.40. The molecule has 2 nitrogen and oxygen atoms in total. The normalized spacial score (nSPS) is 16.1. The maximum absolute atomic E-state index is 9.93. The van der Waals surface area contributed by atoms with Crippen LogP contribution in [0.15, 0.2) is 17.5 Å². The van der Waals surface area contributed by atoms with E-state index in [1.807, 2.05) is 31.4 Å². The minimum atomic E-state index is -0.495. The summed E-state index contributed by atoms with van der Waals surface area (Å²) < 4.78 is 5.25. The van der Waals surface area contributed by atoms with Crippen LogP contribution < -0.4 is 0 Å². The Morgan fingerprint density at radius 2 is 2.15 bits per heavy atom. The summed E-state index contributed by atoms with van der Waals surface area (Å²) in [4.78, 5) is 0.973. The summed E-state index contributed by atoms with van der Waals surface area (Å²) in [5.41, 5.74) is 0. The lowest BCUT2D eigenvalue weighted by Crippen LogP contribution is -2.25. The van der Waals surface area contributed by atoms with Crippen LogP contribution >= 0.6 is 11.3 Å². The van der Waals surface area contributed by atoms with Crippen LogP contribution in [0.5, 0.6) is 0 Å². The van der Waals surface area contributed by atoms with Crippen molar-refractivity contribution in [1.29, 1.82) is 0 Å². The second kappa shape index (κ2) is 4.74. The fraction of sp³-hybridized carbons (Fsp3) is 0.600. The van der Waals surface area contributed by atoms with Crippen molar-refractivity contribution >= 4 is 11.3 Å². The number of aliphatic hydroxyl groups is 1. The fourth-order valence-corrected chi connectivity index (χ4v) is 2.13. The average molecular weight is 200 g/mol. The monoisotopic (exact) mass is 200 g/mol. The molecule has 0 aromatic carbocycles. The molecular formula is C10H16O2S. The third-order valence-electron chi connectivity index (χ3n) is 2.08. The van der Waals surface area contributed by atoms with E-state index in [0.29, 0.717) is 5.92 Å². The average Bonchev–Trinajstić information content (AvgIpc) is 2.56. The molecule has 2 atom stereocenters. The van der Waals surface area contributed by atoms with Gasteiger partial charge in [-0.05, 0) is 17.4 Å². The summed E-state index contributed by atoms with van der Waals surface area (Å²) in [6, 6.07) is 3.88. The molecule has 0 radical (unpaired) electrons. The molecule has 0 aliphatic carbocycles. The van der Waals surface area contributed by atoms with Gasteiger partial charge in [0.1, 0.15) is 6.10 Å². The van der Waals surface area contributed by atoms with E-state index in [4.69, 9.17) is 4.74 Å². The first-order valence-corrected chi connectivity index (χ1v) is 5.29. The second-order valence-corrected chi connectivity index (χ2v) is 4.38. The van der Waals surface area contributed by atoms with Crippen molar-refractivity contribution in [3.05, 3.63) is 22.4 Å². The molecule has 1 aromatic rings. The molecule has 13 heavy (non-hydrogen) atoms. The van der Waals surface area contributed by atoms with Gasteiger partial charge in [0.2, 0.25) is 0 Å². The Hall–Kier alpha value is -0.380. The van der Waals surface area contributed by atoms with E-state index in [9.17, 15) is 5.11 Å². The molecule has 1 rings (SSSR count). The lowest BCUT2D eigenvalue weighted by Gasteiger charge is -2.23. The maximum atomic E-state index is 9.93. The number of hydrogen-bond acceptors (Lipinski definition) is 3. The van der Waals surface area contributed by atoms with Gasteiger partial charge in [-0.15, -0.1) is 11.3 Å². The van der Waals surface area contributed by atoms with E-state index < -0.39 is 6.10 Å². The minimum Gasteiger partial charge on any atom is -0.385 e. The highest BCUT2D eigenvalue weighted by atomic mass is 32.1. The molecule has 0 bridgehead atoms. The lowest BCUT2D eigenvalue weighted by molar-refractivity contribution is -0.0374. The zero-order valence-electron chi connectivity index (χ0n) is 8.23. The largest absolute Gasteiger partial charge is 0.385 e. The molecule has 1 heterocycles. The van der Waals surface area contributed by atoms with Gasteiger partial charge in [0.05, 0.1) is 6.10 Å². The van der Waals surface area contributed by atoms with Gasteiger partial charge < -0.3 is 9.84 Å². The van der Waals surface area contributed by atoms with Crippen LogP contribution in [0.2, 0.25) is 0 Å². The van der Waals surface area contributed by atoms with Gasteiger partial charge in [-0.1, -0.05) is 19.9 Å². The molecule has 0 saturated heterocycles. The Balaban J connectivity index is 2.70. The molecule has 2 unspecified atom stereocenters. The topological polar surface area (TPSA) is 29.5 Å². The summed E-state index contributed by atoms with van der Waals surface area (Å²) in [7, 11) is 1.64. The Kier molecular flexibility index (Phi) is 3.90. The molecular weight excluding hydrogens is 184 g/mol. The number of rotatable bonds is 4. The quantitative estimate of drug-likeness (QED) is 0.809. The number of ether oxygens (including phenoxy) is 1. The highest BCUT2D eigenvalue weighted by molar-refractivity contribution is 7.10. The molecule has 0 aliphatic rings. The molecule has 0 aliphatic heterocycles. The van der Waals surface area contributed by atoms with Crippen molar-refractivity contribution < 1.29 is 9.84 Å². The SMILES string of the molecule is COC(C(C)C)C(O)c1cccs1. The molecule has 0 amide bonds. The lowest BCUT2D eigenvalue weighted by atomic mass is 10.0. The van der Waals surface area contributed by atoms with E-state index in [0.717, 1.165) is 4.88 Å². The molecule has 1 aromatic heterocycles. The van der Waals surface area contributed by atoms with Gasteiger partial charge in [-0.2, -0.15) is 0 Å². The van der Waals surface area contributed by atoms with Crippen molar-refractivity contribution in [3.8, 4) is 0 Å². The minimum absolute atomic E-state index is 0.112. The first kappa shape index (κ1) is 10.7. The van der Waals surface area contributed by atoms with Crippen LogP contribution in [0.1, 0.15) is 24.8 Å². The molecule has 1 N–H and O–H groups in total. The van der Waals surface area contributed by atoms with Gasteiger partial charge >= 0.3 is 0 Å². The van der Waals surface area contributed by atoms with Crippen LogP contribution in [0, 0.1) is 5.92 Å². The summed E-state index contributed by atoms with van der Waals surface area (Å²) in [5.74, 6) is 0.321. The first-order valence-electron chi connectivity index (χ1n) is 4.41. The number of thiophene rings is 1. The van der Waals surface area contributed by atoms with Crippen molar-refractivity contribution in [2.24, 2.45) is 5.92 Å². The van der Waals surface area contributed by atoms with Crippen LogP contribution in [0.4, 0.5) is 0 Å². The highest BCUT2D eigenvalue weighted by Crippen LogP contribution is 2.27. The van der Waals surface area contributed by atoms with E-state index in [-0.39, 0.29) is 6.10 Å². The zero-order valence-corrected chi connectivity index (χ0v) is 9.04. The number of hydrogen-bond donors (Lipinski definition) is 1. The van der Waals surface area contributed by atoms with Crippen LogP contribution in [-0.2, 0) is 4.74 Å². The summed E-state index contributed by atoms with van der Waals surface area (Å²) in [6.45, 7) is 4.09. The van der Waals surface area contributed by atoms with Crippen LogP contribution in [-0.4, -0.2) is 18.3 Å². The van der Waals surface area contributed by atoms with E-state index >= 15 is 0 Å². The molecule has 74 valence electrons. The highest BCUT2D eigenvalue weighted by Gasteiger charge is 2.24. The maximum Gasteiger partial charge on any atom is 0.114 e. The molecule has 0 fully saturated rings. The summed E-state index contributed by atoms with van der Waals surface area (Å²) >= 11 is 1.56. The van der Waals surface area contributed by atoms with Gasteiger partial charge in [0.15, 0.2) is 0 Å². The zero-order chi connectivity index (χ0) is 9.84. The van der Waals surface area contributed by atoms with Crippen molar-refractivity contribution in [2.75, 3.05) is 7.11 Å². The molecule has 0 spiro atoms. The number of methoxy groups -OCH3 is 1. The first-order chi connectivity index (χ1) is 6.16. The number of aliphatic hydroxyl groups excluding tert-OH is 1. The van der Waals surface area contributed by atoms with E-state index in [1.165, 1.54) is 0 Å². The van der Waals surface area contributed by atoms with Crippen molar-refractivity contribution in [1.82, 2.24) is 0 Å². The smallest absolute Gasteiger partial charge is 0.114 e. The van der Waals surface area contributed by atoms with Crippen molar-refractivity contribution in [3.63, 3.8) is 0 Å². The summed E-state index contributed by atoms with van der Waals surface area (Å²) in [5, 5.41) is 11.9. The molecule has 0 saturated carbocycles. The predicted octanol–water partition coefficient (Wildman–Crippen LogP) is 2.45. The third kappa shape index (κ3) is 2.53. The third-order valence-corrected chi connectivity index (χ3v) is 3.02. The summed E-state index contributed by atoms with van der Waals surface area (Å²) in [6.07, 6.45) is -0.608. The Bertz CT molecular complexity index is 231. The Morgan fingerprint density at radius 1 is 1.46 bits per heavy atom. The van der Waals surface area contributed by atoms with Gasteiger partial charge in [-0.3, -0.25) is 0 Å². The van der Waals surface area contributed by atoms with Crippen LogP contribution in [0.3, 0.4) is 0 Å². The standard InChI is InChI=1S/C10H16O2S/c1-7(2)10(12-3)9(11)8-5-4-6-13-8/h4-7,9-11H,1-3H3. The fourth-order valence-electron chi connectivity index (χ4n) is 1.39. The Labute approximate surface area is 83.2 Å². The van der Waals surface area contributed by atoms with E-state index in [1.54, 1.807) is 18.4 Å². The molecule has 3 heteroatoms. The van der Waals surface area contributed by atoms with Gasteiger partial charge in [0, 0.05) is 12.0 Å². The van der Waals surface area contributed by atoms with Crippen molar-refractivity contribution in [2.45, 2.75) is 26.1 Å². The van der Waals surface area contributed by atoms with Gasteiger partial charge in [-0.25, -0.2) is 0 Å². The van der Waals surface area contributed by atoms with Gasteiger partial charge in [0.25, 0.3) is 0 Å². The predicted molar refractivity (Wildman–Crippen MR) is 54.9 cm³/mol.